The van der Waals surface area contributed by atoms with Crippen LogP contribution in [-0.2, 0) is 40.9 Å². The van der Waals surface area contributed by atoms with Crippen molar-refractivity contribution < 1.29 is 32.5 Å². The van der Waals surface area contributed by atoms with E-state index in [2.05, 4.69) is 10.3 Å². The molecule has 1 aliphatic carbocycles. The Morgan fingerprint density at radius 2 is 1.97 bits per heavy atom. The van der Waals surface area contributed by atoms with E-state index in [0.29, 0.717) is 36.1 Å². The number of nitrogens with zero attached hydrogens (tertiary/aromatic N) is 1. The van der Waals surface area contributed by atoms with E-state index in [1.54, 1.807) is 38.4 Å². The Balaban J connectivity index is 1.82. The SMILES string of the molecule is COCCCS(=O)(=O)c1ccc(C2(C(=O)Nc3ncc(COC)s3)C=C2O[C@H](C)CO)cc1. The maximum absolute atomic E-state index is 13.3. The van der Waals surface area contributed by atoms with Crippen molar-refractivity contribution in [2.45, 2.75) is 36.4 Å². The number of sulfone groups is 1. The van der Waals surface area contributed by atoms with Gasteiger partial charge in [0.25, 0.3) is 0 Å². The maximum Gasteiger partial charge on any atom is 0.248 e. The van der Waals surface area contributed by atoms with Crippen molar-refractivity contribution in [3.8, 4) is 0 Å². The van der Waals surface area contributed by atoms with Crippen molar-refractivity contribution in [3.63, 3.8) is 0 Å². The standard InChI is InChI=1S/C22H28N2O7S2/c1-15(13-25)31-19-11-22(19,20(26)24-21-23-12-17(32-21)14-30-3)16-5-7-18(8-6-16)33(27,28)10-4-9-29-2/h5-8,11-12,15,25H,4,9-10,13-14H2,1-3H3,(H,23,24,26)/t15-,22?/m1/s1. The molecular weight excluding hydrogens is 468 g/mol. The predicted molar refractivity (Wildman–Crippen MR) is 124 cm³/mol. The Bertz CT molecular complexity index is 1100. The number of ether oxygens (including phenoxy) is 3. The van der Waals surface area contributed by atoms with Gasteiger partial charge < -0.3 is 24.6 Å². The van der Waals surface area contributed by atoms with Gasteiger partial charge in [-0.2, -0.15) is 0 Å². The molecule has 1 aromatic heterocycles. The van der Waals surface area contributed by atoms with Crippen molar-refractivity contribution in [1.82, 2.24) is 4.98 Å². The predicted octanol–water partition coefficient (Wildman–Crippen LogP) is 2.27. The van der Waals surface area contributed by atoms with Gasteiger partial charge in [-0.1, -0.05) is 23.5 Å². The molecule has 0 radical (unpaired) electrons. The summed E-state index contributed by atoms with van der Waals surface area (Å²) in [4.78, 5) is 18.5. The van der Waals surface area contributed by atoms with Gasteiger partial charge in [-0.05, 0) is 37.1 Å². The molecule has 2 aromatic rings. The summed E-state index contributed by atoms with van der Waals surface area (Å²) >= 11 is 1.30. The average Bonchev–Trinajstić information content (AvgIpc) is 3.35. The van der Waals surface area contributed by atoms with Gasteiger partial charge in [0.1, 0.15) is 11.9 Å². The third kappa shape index (κ3) is 5.79. The van der Waals surface area contributed by atoms with Gasteiger partial charge >= 0.3 is 0 Å². The molecule has 2 atom stereocenters. The molecule has 0 fully saturated rings. The lowest BCUT2D eigenvalue weighted by Gasteiger charge is -2.20. The highest BCUT2D eigenvalue weighted by Gasteiger charge is 2.55. The molecule has 11 heteroatoms. The minimum atomic E-state index is -3.46. The van der Waals surface area contributed by atoms with Gasteiger partial charge in [0.05, 0.1) is 28.7 Å². The highest BCUT2D eigenvalue weighted by Crippen LogP contribution is 2.49. The molecule has 1 aromatic carbocycles. The molecule has 0 spiro atoms. The average molecular weight is 497 g/mol. The van der Waals surface area contributed by atoms with E-state index >= 15 is 0 Å². The molecule has 180 valence electrons. The lowest BCUT2D eigenvalue weighted by molar-refractivity contribution is -0.118. The third-order valence-electron chi connectivity index (χ3n) is 5.09. The fraction of sp³-hybridized carbons (Fsp3) is 0.455. The normalized spacial score (nSPS) is 18.5. The van der Waals surface area contributed by atoms with E-state index < -0.39 is 21.4 Å². The fourth-order valence-electron chi connectivity index (χ4n) is 3.28. The maximum atomic E-state index is 13.3. The lowest BCUT2D eigenvalue weighted by Crippen LogP contribution is -2.32. The number of nitrogens with one attached hydrogen (secondary N) is 1. The van der Waals surface area contributed by atoms with Gasteiger partial charge in [0.2, 0.25) is 5.91 Å². The molecule has 0 saturated carbocycles. The number of thiazole rings is 1. The van der Waals surface area contributed by atoms with E-state index in [9.17, 15) is 18.3 Å². The first kappa shape index (κ1) is 25.3. The summed E-state index contributed by atoms with van der Waals surface area (Å²) in [7, 11) is -0.363. The number of carbonyl (C=O) groups excluding carboxylic acids is 1. The first-order valence-corrected chi connectivity index (χ1v) is 12.8. The van der Waals surface area contributed by atoms with Crippen molar-refractivity contribution in [1.29, 1.82) is 0 Å². The minimum Gasteiger partial charge on any atom is -0.491 e. The van der Waals surface area contributed by atoms with Crippen molar-refractivity contribution in [3.05, 3.63) is 52.7 Å². The van der Waals surface area contributed by atoms with Crippen LogP contribution in [0, 0.1) is 0 Å². The number of benzene rings is 1. The largest absolute Gasteiger partial charge is 0.491 e. The zero-order valence-electron chi connectivity index (χ0n) is 18.7. The Hall–Kier alpha value is -2.31. The molecule has 1 unspecified atom stereocenters. The van der Waals surface area contributed by atoms with Crippen molar-refractivity contribution in [2.24, 2.45) is 0 Å². The van der Waals surface area contributed by atoms with E-state index in [1.165, 1.54) is 30.6 Å². The zero-order chi connectivity index (χ0) is 24.1. The number of aromatic nitrogens is 1. The summed E-state index contributed by atoms with van der Waals surface area (Å²) in [5, 5.41) is 12.6. The van der Waals surface area contributed by atoms with Gasteiger partial charge in [0.15, 0.2) is 20.4 Å². The van der Waals surface area contributed by atoms with Gasteiger partial charge in [-0.25, -0.2) is 13.4 Å². The number of amides is 1. The molecule has 33 heavy (non-hydrogen) atoms. The Kier molecular flexibility index (Phi) is 8.24. The Morgan fingerprint density at radius 1 is 1.24 bits per heavy atom. The first-order chi connectivity index (χ1) is 15.8. The highest BCUT2D eigenvalue weighted by molar-refractivity contribution is 7.91. The van der Waals surface area contributed by atoms with Crippen molar-refractivity contribution in [2.75, 3.05) is 38.5 Å². The topological polar surface area (TPSA) is 124 Å². The van der Waals surface area contributed by atoms with Crippen LogP contribution in [0.3, 0.4) is 0 Å². The number of aliphatic hydroxyl groups excluding tert-OH is 1. The number of aliphatic hydroxyl groups is 1. The molecule has 1 heterocycles. The number of anilines is 1. The van der Waals surface area contributed by atoms with E-state index in [1.807, 2.05) is 0 Å². The second-order valence-electron chi connectivity index (χ2n) is 7.64. The van der Waals surface area contributed by atoms with E-state index in [0.717, 1.165) is 4.88 Å². The lowest BCUT2D eigenvalue weighted by atomic mass is 9.92. The number of methoxy groups -OCH3 is 2. The third-order valence-corrected chi connectivity index (χ3v) is 7.79. The van der Waals surface area contributed by atoms with Crippen LogP contribution in [-0.4, -0.2) is 63.7 Å². The van der Waals surface area contributed by atoms with Gasteiger partial charge in [-0.3, -0.25) is 4.79 Å². The van der Waals surface area contributed by atoms with Crippen LogP contribution in [0.1, 0.15) is 23.8 Å². The monoisotopic (exact) mass is 496 g/mol. The Labute approximate surface area is 197 Å². The van der Waals surface area contributed by atoms with Gasteiger partial charge in [0, 0.05) is 27.0 Å². The van der Waals surface area contributed by atoms with Crippen LogP contribution < -0.4 is 5.32 Å². The molecule has 0 aliphatic heterocycles. The summed E-state index contributed by atoms with van der Waals surface area (Å²) in [6.07, 6.45) is 3.18. The number of carbonyl (C=O) groups is 1. The zero-order valence-corrected chi connectivity index (χ0v) is 20.4. The fourth-order valence-corrected chi connectivity index (χ4v) is 5.35. The molecule has 1 aliphatic rings. The van der Waals surface area contributed by atoms with Crippen LogP contribution in [0.15, 0.2) is 47.2 Å². The second-order valence-corrected chi connectivity index (χ2v) is 10.9. The molecule has 2 N–H and O–H groups in total. The summed E-state index contributed by atoms with van der Waals surface area (Å²) in [5.74, 6) is -0.0112. The van der Waals surface area contributed by atoms with Gasteiger partial charge in [-0.15, -0.1) is 0 Å². The van der Waals surface area contributed by atoms with Crippen LogP contribution in [0.4, 0.5) is 5.13 Å². The molecule has 9 nitrogen and oxygen atoms in total. The summed E-state index contributed by atoms with van der Waals surface area (Å²) in [6.45, 7) is 2.23. The molecule has 1 amide bonds. The highest BCUT2D eigenvalue weighted by atomic mass is 32.2. The molecule has 3 rings (SSSR count). The summed E-state index contributed by atoms with van der Waals surface area (Å²) < 4.78 is 40.8. The molecular formula is C22H28N2O7S2. The van der Waals surface area contributed by atoms with Crippen molar-refractivity contribution >= 4 is 32.2 Å². The smallest absolute Gasteiger partial charge is 0.248 e. The number of rotatable bonds is 13. The van der Waals surface area contributed by atoms with Crippen LogP contribution in [0.25, 0.3) is 0 Å². The quantitative estimate of drug-likeness (QED) is 0.405. The summed E-state index contributed by atoms with van der Waals surface area (Å²) in [6, 6.07) is 6.20. The van der Waals surface area contributed by atoms with E-state index in [-0.39, 0.29) is 23.2 Å². The molecule has 0 bridgehead atoms. The molecule has 0 saturated heterocycles. The first-order valence-electron chi connectivity index (χ1n) is 10.3. The summed E-state index contributed by atoms with van der Waals surface area (Å²) in [5.41, 5.74) is -0.640. The van der Waals surface area contributed by atoms with Crippen LogP contribution in [0.2, 0.25) is 0 Å². The number of hydrogen-bond acceptors (Lipinski definition) is 9. The second kappa shape index (κ2) is 10.7. The van der Waals surface area contributed by atoms with E-state index in [4.69, 9.17) is 14.2 Å². The Morgan fingerprint density at radius 3 is 2.61 bits per heavy atom. The number of hydrogen-bond donors (Lipinski definition) is 2. The van der Waals surface area contributed by atoms with Crippen LogP contribution in [0.5, 0.6) is 0 Å². The minimum absolute atomic E-state index is 0.0275. The van der Waals surface area contributed by atoms with Crippen LogP contribution >= 0.6 is 11.3 Å².